The Kier molecular flexibility index (Phi) is 3.72. The van der Waals surface area contributed by atoms with Crippen LogP contribution in [-0.4, -0.2) is 15.6 Å². The second-order valence-electron chi connectivity index (χ2n) is 5.53. The van der Waals surface area contributed by atoms with Crippen LogP contribution in [-0.2, 0) is 0 Å². The van der Waals surface area contributed by atoms with Crippen LogP contribution >= 0.6 is 0 Å². The van der Waals surface area contributed by atoms with E-state index in [-0.39, 0.29) is 5.82 Å². The maximum absolute atomic E-state index is 13.0. The van der Waals surface area contributed by atoms with Gasteiger partial charge in [-0.3, -0.25) is 4.57 Å². The third-order valence-corrected chi connectivity index (χ3v) is 3.87. The van der Waals surface area contributed by atoms with Crippen molar-refractivity contribution in [2.24, 2.45) is 0 Å². The monoisotopic (exact) mass is 273 g/mol. The molecule has 0 saturated heterocycles. The predicted molar refractivity (Wildman–Crippen MR) is 78.8 cm³/mol. The Balaban J connectivity index is 1.85. The summed E-state index contributed by atoms with van der Waals surface area (Å²) >= 11 is 0. The predicted octanol–water partition coefficient (Wildman–Crippen LogP) is 4.06. The molecule has 3 nitrogen and oxygen atoms in total. The van der Waals surface area contributed by atoms with Gasteiger partial charge >= 0.3 is 0 Å². The van der Waals surface area contributed by atoms with E-state index >= 15 is 0 Å². The number of anilines is 1. The highest BCUT2D eigenvalue weighted by Crippen LogP contribution is 2.23. The first-order valence-corrected chi connectivity index (χ1v) is 7.31. The molecule has 106 valence electrons. The number of halogens is 1. The van der Waals surface area contributed by atoms with E-state index in [2.05, 4.69) is 10.3 Å². The van der Waals surface area contributed by atoms with Gasteiger partial charge in [0.2, 0.25) is 5.95 Å². The first kappa shape index (κ1) is 13.2. The Labute approximate surface area is 118 Å². The van der Waals surface area contributed by atoms with Crippen LogP contribution < -0.4 is 5.32 Å². The number of hydrogen-bond acceptors (Lipinski definition) is 2. The number of hydrogen-bond donors (Lipinski definition) is 1. The average Bonchev–Trinajstić information content (AvgIpc) is 2.81. The van der Waals surface area contributed by atoms with Crippen LogP contribution in [0.2, 0.25) is 0 Å². The van der Waals surface area contributed by atoms with Crippen LogP contribution in [0.25, 0.3) is 5.69 Å². The van der Waals surface area contributed by atoms with Crippen LogP contribution in [0.1, 0.15) is 37.8 Å². The highest BCUT2D eigenvalue weighted by Gasteiger charge is 2.16. The molecule has 0 aliphatic heterocycles. The Hall–Kier alpha value is -1.84. The van der Waals surface area contributed by atoms with Gasteiger partial charge in [-0.1, -0.05) is 19.3 Å². The van der Waals surface area contributed by atoms with Gasteiger partial charge in [-0.2, -0.15) is 0 Å². The van der Waals surface area contributed by atoms with Crippen molar-refractivity contribution >= 4 is 5.95 Å². The normalized spacial score (nSPS) is 16.3. The maximum atomic E-state index is 13.0. The van der Waals surface area contributed by atoms with Crippen molar-refractivity contribution in [2.45, 2.75) is 45.1 Å². The number of aryl methyl sites for hydroxylation is 1. The van der Waals surface area contributed by atoms with E-state index in [1.807, 2.05) is 17.7 Å². The molecule has 1 aromatic heterocycles. The van der Waals surface area contributed by atoms with Gasteiger partial charge in [-0.25, -0.2) is 9.37 Å². The number of benzene rings is 1. The minimum atomic E-state index is -0.215. The second kappa shape index (κ2) is 5.65. The summed E-state index contributed by atoms with van der Waals surface area (Å²) in [7, 11) is 0. The Morgan fingerprint density at radius 3 is 2.55 bits per heavy atom. The summed E-state index contributed by atoms with van der Waals surface area (Å²) in [5.41, 5.74) is 1.90. The zero-order valence-electron chi connectivity index (χ0n) is 11.8. The molecule has 20 heavy (non-hydrogen) atoms. The molecular weight excluding hydrogens is 253 g/mol. The molecule has 0 spiro atoms. The van der Waals surface area contributed by atoms with Crippen molar-refractivity contribution in [1.82, 2.24) is 9.55 Å². The van der Waals surface area contributed by atoms with Crippen LogP contribution in [0.5, 0.6) is 0 Å². The first-order chi connectivity index (χ1) is 9.72. The maximum Gasteiger partial charge on any atom is 0.207 e. The molecule has 0 atom stereocenters. The molecule has 0 amide bonds. The highest BCUT2D eigenvalue weighted by molar-refractivity contribution is 5.43. The van der Waals surface area contributed by atoms with Crippen molar-refractivity contribution in [3.63, 3.8) is 0 Å². The first-order valence-electron chi connectivity index (χ1n) is 7.31. The van der Waals surface area contributed by atoms with Crippen molar-refractivity contribution < 1.29 is 4.39 Å². The quantitative estimate of drug-likeness (QED) is 0.913. The van der Waals surface area contributed by atoms with Crippen molar-refractivity contribution in [1.29, 1.82) is 0 Å². The van der Waals surface area contributed by atoms with Gasteiger partial charge in [-0.15, -0.1) is 0 Å². The molecule has 4 heteroatoms. The van der Waals surface area contributed by atoms with Crippen molar-refractivity contribution in [2.75, 3.05) is 5.32 Å². The summed E-state index contributed by atoms with van der Waals surface area (Å²) in [5, 5.41) is 3.54. The summed E-state index contributed by atoms with van der Waals surface area (Å²) in [5.74, 6) is 0.647. The van der Waals surface area contributed by atoms with Gasteiger partial charge in [-0.05, 0) is 44.0 Å². The minimum Gasteiger partial charge on any atom is -0.353 e. The number of imidazole rings is 1. The molecule has 2 aromatic rings. The third-order valence-electron chi connectivity index (χ3n) is 3.87. The lowest BCUT2D eigenvalue weighted by Gasteiger charge is -2.23. The van der Waals surface area contributed by atoms with Gasteiger partial charge in [0, 0.05) is 17.9 Å². The van der Waals surface area contributed by atoms with E-state index in [1.54, 1.807) is 12.1 Å². The SMILES string of the molecule is Cc1cn(-c2ccc(F)cc2)c(NC2CCCCC2)n1. The fourth-order valence-electron chi connectivity index (χ4n) is 2.83. The van der Waals surface area contributed by atoms with Gasteiger partial charge < -0.3 is 5.32 Å². The lowest BCUT2D eigenvalue weighted by atomic mass is 9.96. The fraction of sp³-hybridized carbons (Fsp3) is 0.438. The molecule has 1 saturated carbocycles. The Morgan fingerprint density at radius 2 is 1.85 bits per heavy atom. The zero-order chi connectivity index (χ0) is 13.9. The minimum absolute atomic E-state index is 0.215. The van der Waals surface area contributed by atoms with Gasteiger partial charge in [0.15, 0.2) is 0 Å². The summed E-state index contributed by atoms with van der Waals surface area (Å²) < 4.78 is 15.0. The lowest BCUT2D eigenvalue weighted by molar-refractivity contribution is 0.460. The number of nitrogens with one attached hydrogen (secondary N) is 1. The lowest BCUT2D eigenvalue weighted by Crippen LogP contribution is -2.24. The summed E-state index contributed by atoms with van der Waals surface area (Å²) in [6.45, 7) is 1.98. The number of aromatic nitrogens is 2. The zero-order valence-corrected chi connectivity index (χ0v) is 11.8. The molecule has 3 rings (SSSR count). The van der Waals surface area contributed by atoms with Gasteiger partial charge in [0.1, 0.15) is 5.82 Å². The molecule has 0 radical (unpaired) electrons. The topological polar surface area (TPSA) is 29.9 Å². The van der Waals surface area contributed by atoms with E-state index in [0.717, 1.165) is 17.3 Å². The molecule has 1 aliphatic carbocycles. The third kappa shape index (κ3) is 2.84. The van der Waals surface area contributed by atoms with Gasteiger partial charge in [0.05, 0.1) is 5.69 Å². The Bertz CT molecular complexity index is 568. The summed E-state index contributed by atoms with van der Waals surface area (Å²) in [6, 6.07) is 7.03. The molecule has 1 aliphatic rings. The van der Waals surface area contributed by atoms with E-state index < -0.39 is 0 Å². The molecule has 1 fully saturated rings. The second-order valence-corrected chi connectivity index (χ2v) is 5.53. The molecule has 1 heterocycles. The largest absolute Gasteiger partial charge is 0.353 e. The Morgan fingerprint density at radius 1 is 1.15 bits per heavy atom. The molecular formula is C16H20FN3. The standard InChI is InChI=1S/C16H20FN3/c1-12-11-20(15-9-7-13(17)8-10-15)16(18-12)19-14-5-3-2-4-6-14/h7-11,14H,2-6H2,1H3,(H,18,19). The van der Waals surface area contributed by atoms with E-state index in [0.29, 0.717) is 6.04 Å². The molecule has 1 N–H and O–H groups in total. The summed E-state index contributed by atoms with van der Waals surface area (Å²) in [6.07, 6.45) is 8.30. The van der Waals surface area contributed by atoms with Crippen LogP contribution in [0.4, 0.5) is 10.3 Å². The van der Waals surface area contributed by atoms with E-state index in [9.17, 15) is 4.39 Å². The van der Waals surface area contributed by atoms with Gasteiger partial charge in [0.25, 0.3) is 0 Å². The van der Waals surface area contributed by atoms with E-state index in [4.69, 9.17) is 0 Å². The highest BCUT2D eigenvalue weighted by atomic mass is 19.1. The van der Waals surface area contributed by atoms with Crippen LogP contribution in [0.3, 0.4) is 0 Å². The van der Waals surface area contributed by atoms with Crippen molar-refractivity contribution in [3.05, 3.63) is 42.0 Å². The van der Waals surface area contributed by atoms with Crippen molar-refractivity contribution in [3.8, 4) is 5.69 Å². The molecule has 0 unspecified atom stereocenters. The van der Waals surface area contributed by atoms with Crippen LogP contribution in [0, 0.1) is 12.7 Å². The van der Waals surface area contributed by atoms with Crippen LogP contribution in [0.15, 0.2) is 30.5 Å². The molecule has 0 bridgehead atoms. The molecule has 1 aromatic carbocycles. The fourth-order valence-corrected chi connectivity index (χ4v) is 2.83. The van der Waals surface area contributed by atoms with E-state index in [1.165, 1.54) is 44.2 Å². The summed E-state index contributed by atoms with van der Waals surface area (Å²) in [4.78, 5) is 4.56. The average molecular weight is 273 g/mol. The number of rotatable bonds is 3. The number of nitrogens with zero attached hydrogens (tertiary/aromatic N) is 2. The smallest absolute Gasteiger partial charge is 0.207 e.